The maximum atomic E-state index is 11.8. The number of hydrogen-bond acceptors (Lipinski definition) is 2. The first-order valence-electron chi connectivity index (χ1n) is 6.77. The molecule has 0 fully saturated rings. The predicted molar refractivity (Wildman–Crippen MR) is 86.9 cm³/mol. The highest BCUT2D eigenvalue weighted by Crippen LogP contribution is 2.28. The van der Waals surface area contributed by atoms with E-state index in [9.17, 15) is 9.59 Å². The normalized spacial score (nSPS) is 11.1. The van der Waals surface area contributed by atoms with E-state index < -0.39 is 11.9 Å². The van der Waals surface area contributed by atoms with Gasteiger partial charge in [0.25, 0.3) is 0 Å². The lowest BCUT2D eigenvalue weighted by Gasteiger charge is -2.08. The van der Waals surface area contributed by atoms with Crippen molar-refractivity contribution in [1.29, 1.82) is 0 Å². The summed E-state index contributed by atoms with van der Waals surface area (Å²) in [6, 6.07) is 17.7. The van der Waals surface area contributed by atoms with Crippen LogP contribution in [0.2, 0.25) is 0 Å². The lowest BCUT2D eigenvalue weighted by molar-refractivity contribution is -0.131. The lowest BCUT2D eigenvalue weighted by Crippen LogP contribution is -2.09. The maximum Gasteiger partial charge on any atom is 0.328 e. The standard InChI is InChI=1S/C18H13NO3/c20-17(8-9-18(21)22)19-16-7-3-6-14-10-12-4-1-2-5-13(12)11-15(14)16/h1-11H,(H,19,20)(H,21,22). The number of hydrogen-bond donors (Lipinski definition) is 2. The molecule has 0 unspecified atom stereocenters. The largest absolute Gasteiger partial charge is 0.478 e. The summed E-state index contributed by atoms with van der Waals surface area (Å²) in [7, 11) is 0. The minimum absolute atomic E-state index is 0.469. The van der Waals surface area contributed by atoms with Crippen molar-refractivity contribution in [2.45, 2.75) is 0 Å². The van der Waals surface area contributed by atoms with E-state index in [2.05, 4.69) is 11.4 Å². The highest BCUT2D eigenvalue weighted by Gasteiger charge is 2.05. The molecule has 4 nitrogen and oxygen atoms in total. The molecule has 3 aromatic carbocycles. The molecule has 0 saturated heterocycles. The van der Waals surface area contributed by atoms with Crippen LogP contribution in [0.5, 0.6) is 0 Å². The highest BCUT2D eigenvalue weighted by atomic mass is 16.4. The Morgan fingerprint density at radius 2 is 1.55 bits per heavy atom. The molecule has 0 bridgehead atoms. The van der Waals surface area contributed by atoms with Gasteiger partial charge in [-0.3, -0.25) is 4.79 Å². The van der Waals surface area contributed by atoms with Crippen molar-refractivity contribution in [2.75, 3.05) is 5.32 Å². The predicted octanol–water partition coefficient (Wildman–Crippen LogP) is 3.57. The molecular weight excluding hydrogens is 278 g/mol. The topological polar surface area (TPSA) is 66.4 Å². The Balaban J connectivity index is 2.04. The molecule has 0 radical (unpaired) electrons. The SMILES string of the molecule is O=C(O)C=CC(=O)Nc1cccc2cc3ccccc3cc12. The van der Waals surface area contributed by atoms with E-state index in [1.807, 2.05) is 42.5 Å². The zero-order chi connectivity index (χ0) is 15.5. The Morgan fingerprint density at radius 3 is 2.27 bits per heavy atom. The fourth-order valence-corrected chi connectivity index (χ4v) is 2.40. The average Bonchev–Trinajstić information content (AvgIpc) is 2.51. The zero-order valence-electron chi connectivity index (χ0n) is 11.6. The third-order valence-electron chi connectivity index (χ3n) is 3.38. The van der Waals surface area contributed by atoms with E-state index in [0.29, 0.717) is 5.69 Å². The molecule has 0 spiro atoms. The smallest absolute Gasteiger partial charge is 0.328 e. The maximum absolute atomic E-state index is 11.8. The van der Waals surface area contributed by atoms with Crippen molar-refractivity contribution in [3.05, 3.63) is 66.7 Å². The molecule has 0 aliphatic heterocycles. The van der Waals surface area contributed by atoms with Crippen LogP contribution in [0.3, 0.4) is 0 Å². The molecule has 0 heterocycles. The van der Waals surface area contributed by atoms with Crippen molar-refractivity contribution in [1.82, 2.24) is 0 Å². The summed E-state index contributed by atoms with van der Waals surface area (Å²) in [5.74, 6) is -1.62. The van der Waals surface area contributed by atoms with Gasteiger partial charge in [-0.15, -0.1) is 0 Å². The number of rotatable bonds is 3. The molecule has 0 aliphatic carbocycles. The van der Waals surface area contributed by atoms with Crippen LogP contribution in [0, 0.1) is 0 Å². The fourth-order valence-electron chi connectivity index (χ4n) is 2.40. The van der Waals surface area contributed by atoms with Gasteiger partial charge in [0.2, 0.25) is 5.91 Å². The number of anilines is 1. The first kappa shape index (κ1) is 13.8. The minimum atomic E-state index is -1.15. The molecule has 0 saturated carbocycles. The Kier molecular flexibility index (Phi) is 3.58. The van der Waals surface area contributed by atoms with E-state index in [1.165, 1.54) is 0 Å². The third kappa shape index (κ3) is 2.81. The monoisotopic (exact) mass is 291 g/mol. The second-order valence-corrected chi connectivity index (χ2v) is 4.89. The van der Waals surface area contributed by atoms with E-state index in [0.717, 1.165) is 33.7 Å². The number of amides is 1. The van der Waals surface area contributed by atoms with Crippen LogP contribution in [0.15, 0.2) is 66.7 Å². The molecular formula is C18H13NO3. The van der Waals surface area contributed by atoms with Crippen LogP contribution in [-0.2, 0) is 9.59 Å². The van der Waals surface area contributed by atoms with Crippen LogP contribution in [-0.4, -0.2) is 17.0 Å². The second kappa shape index (κ2) is 5.69. The van der Waals surface area contributed by atoms with Crippen molar-refractivity contribution in [3.63, 3.8) is 0 Å². The number of nitrogens with one attached hydrogen (secondary N) is 1. The zero-order valence-corrected chi connectivity index (χ0v) is 11.6. The molecule has 0 atom stereocenters. The number of carbonyl (C=O) groups excluding carboxylic acids is 1. The Bertz CT molecular complexity index is 912. The Labute approximate surface area is 126 Å². The number of benzene rings is 3. The molecule has 108 valence electrons. The van der Waals surface area contributed by atoms with Gasteiger partial charge in [-0.1, -0.05) is 36.4 Å². The van der Waals surface area contributed by atoms with E-state index in [4.69, 9.17) is 5.11 Å². The van der Waals surface area contributed by atoms with Gasteiger partial charge in [-0.05, 0) is 34.4 Å². The van der Waals surface area contributed by atoms with Crippen LogP contribution in [0.25, 0.3) is 21.5 Å². The van der Waals surface area contributed by atoms with Gasteiger partial charge in [0, 0.05) is 23.2 Å². The first-order valence-corrected chi connectivity index (χ1v) is 6.77. The molecule has 1 amide bonds. The molecule has 2 N–H and O–H groups in total. The van der Waals surface area contributed by atoms with Crippen molar-refractivity contribution in [2.24, 2.45) is 0 Å². The number of fused-ring (bicyclic) bond motifs is 2. The van der Waals surface area contributed by atoms with Gasteiger partial charge in [-0.25, -0.2) is 4.79 Å². The number of carbonyl (C=O) groups is 2. The molecule has 22 heavy (non-hydrogen) atoms. The second-order valence-electron chi connectivity index (χ2n) is 4.89. The van der Waals surface area contributed by atoms with Gasteiger partial charge >= 0.3 is 5.97 Å². The van der Waals surface area contributed by atoms with E-state index >= 15 is 0 Å². The summed E-state index contributed by atoms with van der Waals surface area (Å²) in [5.41, 5.74) is 0.656. The first-order chi connectivity index (χ1) is 10.6. The number of carboxylic acids is 1. The van der Waals surface area contributed by atoms with Crippen LogP contribution in [0.4, 0.5) is 5.69 Å². The highest BCUT2D eigenvalue weighted by molar-refractivity contribution is 6.10. The summed E-state index contributed by atoms with van der Waals surface area (Å²) >= 11 is 0. The van der Waals surface area contributed by atoms with Crippen LogP contribution < -0.4 is 5.32 Å². The average molecular weight is 291 g/mol. The van der Waals surface area contributed by atoms with Crippen LogP contribution >= 0.6 is 0 Å². The van der Waals surface area contributed by atoms with Crippen LogP contribution in [0.1, 0.15) is 0 Å². The van der Waals surface area contributed by atoms with Gasteiger partial charge in [-0.2, -0.15) is 0 Å². The van der Waals surface area contributed by atoms with E-state index in [-0.39, 0.29) is 0 Å². The Hall–Kier alpha value is -3.14. The third-order valence-corrected chi connectivity index (χ3v) is 3.38. The molecule has 3 aromatic rings. The number of carboxylic acid groups (broad SMARTS) is 1. The molecule has 3 rings (SSSR count). The lowest BCUT2D eigenvalue weighted by atomic mass is 10.0. The van der Waals surface area contributed by atoms with Gasteiger partial charge < -0.3 is 10.4 Å². The van der Waals surface area contributed by atoms with Gasteiger partial charge in [0.1, 0.15) is 0 Å². The Morgan fingerprint density at radius 1 is 0.864 bits per heavy atom. The summed E-state index contributed by atoms with van der Waals surface area (Å²) in [4.78, 5) is 22.2. The van der Waals surface area contributed by atoms with Gasteiger partial charge in [0.05, 0.1) is 0 Å². The van der Waals surface area contributed by atoms with Crippen molar-refractivity contribution < 1.29 is 14.7 Å². The summed E-state index contributed by atoms with van der Waals surface area (Å²) in [5, 5.41) is 15.4. The molecule has 4 heteroatoms. The molecule has 0 aromatic heterocycles. The molecule has 0 aliphatic rings. The van der Waals surface area contributed by atoms with Crippen molar-refractivity contribution in [3.8, 4) is 0 Å². The van der Waals surface area contributed by atoms with E-state index in [1.54, 1.807) is 6.07 Å². The minimum Gasteiger partial charge on any atom is -0.478 e. The summed E-state index contributed by atoms with van der Waals surface area (Å²) in [6.45, 7) is 0. The summed E-state index contributed by atoms with van der Waals surface area (Å²) < 4.78 is 0. The number of aliphatic carboxylic acids is 1. The fraction of sp³-hybridized carbons (Fsp3) is 0. The quantitative estimate of drug-likeness (QED) is 0.572. The van der Waals surface area contributed by atoms with Gasteiger partial charge in [0.15, 0.2) is 0 Å². The van der Waals surface area contributed by atoms with Crippen molar-refractivity contribution >= 4 is 39.1 Å². The summed E-state index contributed by atoms with van der Waals surface area (Å²) in [6.07, 6.45) is 1.82.